The van der Waals surface area contributed by atoms with Crippen LogP contribution in [0.25, 0.3) is 0 Å². The lowest BCUT2D eigenvalue weighted by Gasteiger charge is -2.21. The van der Waals surface area contributed by atoms with Crippen LogP contribution in [-0.2, 0) is 13.0 Å². The number of benzene rings is 1. The molecule has 0 bridgehead atoms. The third-order valence-electron chi connectivity index (χ3n) is 4.26. The number of nitrogens with zero attached hydrogens (tertiary/aromatic N) is 4. The van der Waals surface area contributed by atoms with Crippen LogP contribution in [0.4, 0.5) is 5.13 Å². The summed E-state index contributed by atoms with van der Waals surface area (Å²) in [6.07, 6.45) is 1.79. The number of nitrogens with two attached hydrogens (primary N) is 1. The molecule has 2 heterocycles. The average Bonchev–Trinajstić information content (AvgIpc) is 2.98. The number of aromatic nitrogens is 2. The quantitative estimate of drug-likeness (QED) is 0.916. The lowest BCUT2D eigenvalue weighted by Crippen LogP contribution is -2.35. The molecular weight excluding hydrogens is 322 g/mol. The molecule has 0 saturated carbocycles. The molecule has 1 aromatic carbocycles. The van der Waals surface area contributed by atoms with Crippen molar-refractivity contribution in [3.63, 3.8) is 0 Å². The molecule has 0 atom stereocenters. The number of carbonyl (C=O) groups excluding carboxylic acids is 1. The van der Waals surface area contributed by atoms with E-state index in [0.717, 1.165) is 54.6 Å². The van der Waals surface area contributed by atoms with Crippen LogP contribution in [0, 0.1) is 0 Å². The molecule has 2 aromatic rings. The molecule has 0 radical (unpaired) electrons. The summed E-state index contributed by atoms with van der Waals surface area (Å²) in [6.45, 7) is 5.74. The third-order valence-corrected chi connectivity index (χ3v) is 5.08. The van der Waals surface area contributed by atoms with Crippen LogP contribution in [-0.4, -0.2) is 46.3 Å². The molecular formula is C17H23N5OS. The second-order valence-corrected chi connectivity index (χ2v) is 6.61. The van der Waals surface area contributed by atoms with Gasteiger partial charge in [-0.3, -0.25) is 4.79 Å². The van der Waals surface area contributed by atoms with Gasteiger partial charge in [-0.1, -0.05) is 19.1 Å². The van der Waals surface area contributed by atoms with Crippen LogP contribution in [0.2, 0.25) is 0 Å². The topological polar surface area (TPSA) is 75.4 Å². The first-order valence-corrected chi connectivity index (χ1v) is 9.14. The molecule has 0 aliphatic carbocycles. The molecule has 1 aliphatic heterocycles. The van der Waals surface area contributed by atoms with Gasteiger partial charge in [-0.2, -0.15) is 4.37 Å². The molecule has 1 saturated heterocycles. The van der Waals surface area contributed by atoms with E-state index in [2.05, 4.69) is 21.2 Å². The van der Waals surface area contributed by atoms with E-state index in [9.17, 15) is 4.79 Å². The molecule has 24 heavy (non-hydrogen) atoms. The van der Waals surface area contributed by atoms with E-state index in [1.165, 1.54) is 11.5 Å². The summed E-state index contributed by atoms with van der Waals surface area (Å²) in [5, 5.41) is 0.966. The Hall–Kier alpha value is -1.99. The minimum absolute atomic E-state index is 0.0898. The summed E-state index contributed by atoms with van der Waals surface area (Å²) >= 11 is 1.45. The molecule has 3 rings (SSSR count). The van der Waals surface area contributed by atoms with E-state index < -0.39 is 0 Å². The molecule has 1 aromatic heterocycles. The maximum Gasteiger partial charge on any atom is 0.253 e. The molecule has 1 amide bonds. The Bertz CT molecular complexity index is 685. The van der Waals surface area contributed by atoms with E-state index in [0.29, 0.717) is 13.1 Å². The SMILES string of the molecule is CCc1nsc(N2CCCN(C(=O)c3ccc(CN)cc3)CC2)n1. The fraction of sp³-hybridized carbons (Fsp3) is 0.471. The van der Waals surface area contributed by atoms with Crippen molar-refractivity contribution in [1.29, 1.82) is 0 Å². The molecule has 128 valence electrons. The number of amides is 1. The van der Waals surface area contributed by atoms with Crippen molar-refractivity contribution in [1.82, 2.24) is 14.3 Å². The first kappa shape index (κ1) is 16.9. The van der Waals surface area contributed by atoms with Gasteiger partial charge in [-0.25, -0.2) is 4.98 Å². The van der Waals surface area contributed by atoms with E-state index in [4.69, 9.17) is 5.73 Å². The zero-order chi connectivity index (χ0) is 16.9. The van der Waals surface area contributed by atoms with Gasteiger partial charge in [0.2, 0.25) is 5.13 Å². The van der Waals surface area contributed by atoms with E-state index in [-0.39, 0.29) is 5.91 Å². The van der Waals surface area contributed by atoms with Gasteiger partial charge in [0.25, 0.3) is 5.91 Å². The molecule has 1 aliphatic rings. The van der Waals surface area contributed by atoms with E-state index in [1.54, 1.807) is 0 Å². The highest BCUT2D eigenvalue weighted by molar-refractivity contribution is 7.09. The van der Waals surface area contributed by atoms with Crippen molar-refractivity contribution in [2.75, 3.05) is 31.1 Å². The Morgan fingerprint density at radius 3 is 2.67 bits per heavy atom. The van der Waals surface area contributed by atoms with E-state index in [1.807, 2.05) is 29.2 Å². The molecule has 0 unspecified atom stereocenters. The molecule has 6 nitrogen and oxygen atoms in total. The Balaban J connectivity index is 1.64. The van der Waals surface area contributed by atoms with Gasteiger partial charge in [0.05, 0.1) is 0 Å². The lowest BCUT2D eigenvalue weighted by atomic mass is 10.1. The molecule has 2 N–H and O–H groups in total. The second kappa shape index (κ2) is 7.72. The standard InChI is InChI=1S/C17H23N5OS/c1-2-15-19-17(24-20-15)22-9-3-8-21(10-11-22)16(23)14-6-4-13(12-18)5-7-14/h4-7H,2-3,8-12,18H2,1H3. The monoisotopic (exact) mass is 345 g/mol. The summed E-state index contributed by atoms with van der Waals surface area (Å²) < 4.78 is 4.36. The van der Waals surface area contributed by atoms with Gasteiger partial charge in [0.1, 0.15) is 5.82 Å². The van der Waals surface area contributed by atoms with Crippen molar-refractivity contribution in [2.45, 2.75) is 26.3 Å². The maximum absolute atomic E-state index is 12.7. The highest BCUT2D eigenvalue weighted by atomic mass is 32.1. The van der Waals surface area contributed by atoms with Gasteiger partial charge in [0.15, 0.2) is 0 Å². The fourth-order valence-corrected chi connectivity index (χ4v) is 3.60. The first-order chi connectivity index (χ1) is 11.7. The van der Waals surface area contributed by atoms with Gasteiger partial charge >= 0.3 is 0 Å². The van der Waals surface area contributed by atoms with Crippen LogP contribution >= 0.6 is 11.5 Å². The van der Waals surface area contributed by atoms with Crippen molar-refractivity contribution in [3.05, 3.63) is 41.2 Å². The van der Waals surface area contributed by atoms with Gasteiger partial charge in [-0.05, 0) is 24.1 Å². The highest BCUT2D eigenvalue weighted by Crippen LogP contribution is 2.20. The number of aryl methyl sites for hydroxylation is 1. The Labute approximate surface area is 146 Å². The molecule has 0 spiro atoms. The number of anilines is 1. The fourth-order valence-electron chi connectivity index (χ4n) is 2.79. The largest absolute Gasteiger partial charge is 0.345 e. The number of carbonyl (C=O) groups is 1. The predicted molar refractivity (Wildman–Crippen MR) is 96.4 cm³/mol. The zero-order valence-corrected chi connectivity index (χ0v) is 14.8. The maximum atomic E-state index is 12.7. The number of hydrogen-bond donors (Lipinski definition) is 1. The number of hydrogen-bond acceptors (Lipinski definition) is 6. The van der Waals surface area contributed by atoms with Crippen molar-refractivity contribution >= 4 is 22.6 Å². The normalized spacial score (nSPS) is 15.4. The Kier molecular flexibility index (Phi) is 5.42. The predicted octanol–water partition coefficient (Wildman–Crippen LogP) is 1.91. The smallest absolute Gasteiger partial charge is 0.253 e. The Morgan fingerprint density at radius 2 is 2.00 bits per heavy atom. The highest BCUT2D eigenvalue weighted by Gasteiger charge is 2.22. The molecule has 7 heteroatoms. The van der Waals surface area contributed by atoms with Crippen molar-refractivity contribution in [3.8, 4) is 0 Å². The summed E-state index contributed by atoms with van der Waals surface area (Å²) in [6, 6.07) is 7.58. The summed E-state index contributed by atoms with van der Waals surface area (Å²) in [5.41, 5.74) is 7.38. The minimum Gasteiger partial charge on any atom is -0.345 e. The Morgan fingerprint density at radius 1 is 1.21 bits per heavy atom. The van der Waals surface area contributed by atoms with Crippen LogP contribution < -0.4 is 10.6 Å². The van der Waals surface area contributed by atoms with Crippen LogP contribution in [0.5, 0.6) is 0 Å². The summed E-state index contributed by atoms with van der Waals surface area (Å²) in [4.78, 5) is 21.4. The van der Waals surface area contributed by atoms with Crippen LogP contribution in [0.1, 0.15) is 35.1 Å². The first-order valence-electron chi connectivity index (χ1n) is 8.37. The third kappa shape index (κ3) is 3.73. The average molecular weight is 345 g/mol. The molecule has 1 fully saturated rings. The zero-order valence-electron chi connectivity index (χ0n) is 13.9. The van der Waals surface area contributed by atoms with E-state index >= 15 is 0 Å². The van der Waals surface area contributed by atoms with Crippen LogP contribution in [0.3, 0.4) is 0 Å². The lowest BCUT2D eigenvalue weighted by molar-refractivity contribution is 0.0767. The minimum atomic E-state index is 0.0898. The second-order valence-electron chi connectivity index (χ2n) is 5.88. The summed E-state index contributed by atoms with van der Waals surface area (Å²) in [7, 11) is 0. The summed E-state index contributed by atoms with van der Waals surface area (Å²) in [5.74, 6) is 0.985. The van der Waals surface area contributed by atoms with Crippen molar-refractivity contribution in [2.24, 2.45) is 5.73 Å². The number of rotatable bonds is 4. The van der Waals surface area contributed by atoms with Gasteiger partial charge in [0, 0.05) is 56.2 Å². The van der Waals surface area contributed by atoms with Crippen molar-refractivity contribution < 1.29 is 4.79 Å². The van der Waals surface area contributed by atoms with Gasteiger partial charge < -0.3 is 15.5 Å². The van der Waals surface area contributed by atoms with Gasteiger partial charge in [-0.15, -0.1) is 0 Å². The van der Waals surface area contributed by atoms with Crippen LogP contribution in [0.15, 0.2) is 24.3 Å².